The lowest BCUT2D eigenvalue weighted by Crippen LogP contribution is -2.44. The van der Waals surface area contributed by atoms with Gasteiger partial charge in [-0.15, -0.1) is 0 Å². The summed E-state index contributed by atoms with van der Waals surface area (Å²) in [5, 5.41) is 2.68. The quantitative estimate of drug-likeness (QED) is 0.832. The maximum Gasteiger partial charge on any atom is 0.313 e. The first-order chi connectivity index (χ1) is 12.2. The van der Waals surface area contributed by atoms with Crippen LogP contribution in [0.5, 0.6) is 11.5 Å². The molecule has 1 N–H and O–H groups in total. The van der Waals surface area contributed by atoms with Crippen LogP contribution in [0.1, 0.15) is 25.7 Å². The molecule has 0 spiro atoms. The number of hydrogen-bond donors (Lipinski definition) is 1. The van der Waals surface area contributed by atoms with Crippen LogP contribution >= 0.6 is 11.8 Å². The third-order valence-corrected chi connectivity index (χ3v) is 5.45. The Kier molecular flexibility index (Phi) is 6.07. The zero-order chi connectivity index (χ0) is 17.6. The van der Waals surface area contributed by atoms with Crippen LogP contribution < -0.4 is 14.8 Å². The fourth-order valence-corrected chi connectivity index (χ4v) is 4.03. The highest BCUT2D eigenvalue weighted by Crippen LogP contribution is 2.33. The molecular formula is C18H24N2O4S. The Morgan fingerprint density at radius 2 is 1.88 bits per heavy atom. The minimum Gasteiger partial charge on any atom is -0.493 e. The smallest absolute Gasteiger partial charge is 0.313 e. The highest BCUT2D eigenvalue weighted by molar-refractivity contribution is 7.99. The number of rotatable bonds is 4. The molecule has 0 radical (unpaired) electrons. The number of thioether (sulfide) groups is 1. The number of benzene rings is 1. The molecule has 25 heavy (non-hydrogen) atoms. The van der Waals surface area contributed by atoms with Crippen molar-refractivity contribution in [2.75, 3.05) is 37.0 Å². The number of hydrogen-bond acceptors (Lipinski definition) is 5. The van der Waals surface area contributed by atoms with Crippen molar-refractivity contribution in [1.82, 2.24) is 4.90 Å². The molecule has 2 fully saturated rings. The molecule has 2 amide bonds. The van der Waals surface area contributed by atoms with E-state index < -0.39 is 11.8 Å². The normalized spacial score (nSPS) is 18.0. The van der Waals surface area contributed by atoms with Crippen molar-refractivity contribution in [1.29, 1.82) is 0 Å². The summed E-state index contributed by atoms with van der Waals surface area (Å²) < 4.78 is 11.4. The average Bonchev–Trinajstić information content (AvgIpc) is 3.15. The van der Waals surface area contributed by atoms with Crippen LogP contribution in [-0.2, 0) is 9.59 Å². The zero-order valence-electron chi connectivity index (χ0n) is 14.5. The average molecular weight is 364 g/mol. The van der Waals surface area contributed by atoms with Crippen LogP contribution in [0.3, 0.4) is 0 Å². The van der Waals surface area contributed by atoms with Crippen LogP contribution in [0.25, 0.3) is 0 Å². The Labute approximate surface area is 152 Å². The second-order valence-corrected chi connectivity index (χ2v) is 7.47. The first kappa shape index (κ1) is 17.9. The van der Waals surface area contributed by atoms with Crippen molar-refractivity contribution < 1.29 is 19.1 Å². The third-order valence-electron chi connectivity index (χ3n) is 4.51. The van der Waals surface area contributed by atoms with E-state index in [4.69, 9.17) is 9.47 Å². The van der Waals surface area contributed by atoms with Crippen LogP contribution in [-0.4, -0.2) is 54.5 Å². The van der Waals surface area contributed by atoms with Gasteiger partial charge in [0.2, 0.25) is 0 Å². The second-order valence-electron chi connectivity index (χ2n) is 6.25. The molecule has 1 aromatic carbocycles. The Hall–Kier alpha value is -1.89. The van der Waals surface area contributed by atoms with E-state index in [-0.39, 0.29) is 6.10 Å². The number of nitrogens with zero attached hydrogens (tertiary/aromatic N) is 1. The van der Waals surface area contributed by atoms with Crippen molar-refractivity contribution in [3.8, 4) is 11.5 Å². The molecule has 7 heteroatoms. The van der Waals surface area contributed by atoms with Crippen molar-refractivity contribution in [2.45, 2.75) is 31.8 Å². The summed E-state index contributed by atoms with van der Waals surface area (Å²) in [5.41, 5.74) is 0.540. The van der Waals surface area contributed by atoms with Crippen LogP contribution in [0.4, 0.5) is 5.69 Å². The van der Waals surface area contributed by atoms with Gasteiger partial charge in [-0.2, -0.15) is 11.8 Å². The number of carbonyl (C=O) groups excluding carboxylic acids is 2. The van der Waals surface area contributed by atoms with Crippen LogP contribution in [0.15, 0.2) is 18.2 Å². The van der Waals surface area contributed by atoms with Gasteiger partial charge in [-0.3, -0.25) is 9.59 Å². The van der Waals surface area contributed by atoms with E-state index in [1.807, 2.05) is 0 Å². The van der Waals surface area contributed by atoms with E-state index in [1.54, 1.807) is 42.0 Å². The molecule has 1 aromatic rings. The van der Waals surface area contributed by atoms with E-state index >= 15 is 0 Å². The van der Waals surface area contributed by atoms with Gasteiger partial charge >= 0.3 is 11.8 Å². The van der Waals surface area contributed by atoms with E-state index in [0.717, 1.165) is 24.3 Å². The fourth-order valence-electron chi connectivity index (χ4n) is 3.13. The number of carbonyl (C=O) groups is 2. The number of methoxy groups -OCH3 is 1. The van der Waals surface area contributed by atoms with E-state index in [9.17, 15) is 9.59 Å². The standard InChI is InChI=1S/C18H24N2O4S/c1-23-15-7-6-13(12-16(15)24-14-4-2-3-5-14)19-17(21)18(22)20-8-10-25-11-9-20/h6-7,12,14H,2-5,8-11H2,1H3,(H,19,21). The molecular weight excluding hydrogens is 340 g/mol. The first-order valence-corrected chi connectivity index (χ1v) is 9.85. The van der Waals surface area contributed by atoms with Crippen LogP contribution in [0.2, 0.25) is 0 Å². The van der Waals surface area contributed by atoms with Gasteiger partial charge < -0.3 is 19.7 Å². The summed E-state index contributed by atoms with van der Waals surface area (Å²) in [6.45, 7) is 1.24. The maximum atomic E-state index is 12.2. The monoisotopic (exact) mass is 364 g/mol. The van der Waals surface area contributed by atoms with Gasteiger partial charge in [-0.05, 0) is 37.8 Å². The lowest BCUT2D eigenvalue weighted by molar-refractivity contribution is -0.142. The lowest BCUT2D eigenvalue weighted by atomic mass is 10.2. The number of nitrogens with one attached hydrogen (secondary N) is 1. The highest BCUT2D eigenvalue weighted by atomic mass is 32.2. The summed E-state index contributed by atoms with van der Waals surface area (Å²) in [5.74, 6) is 1.90. The molecule has 1 aliphatic carbocycles. The van der Waals surface area contributed by atoms with Gasteiger partial charge in [0.15, 0.2) is 11.5 Å². The van der Waals surface area contributed by atoms with Crippen molar-refractivity contribution in [2.24, 2.45) is 0 Å². The minimum absolute atomic E-state index is 0.187. The van der Waals surface area contributed by atoms with Gasteiger partial charge in [0, 0.05) is 36.3 Å². The Morgan fingerprint density at radius 1 is 1.16 bits per heavy atom. The summed E-state index contributed by atoms with van der Waals surface area (Å²) in [6, 6.07) is 5.20. The number of amides is 2. The molecule has 6 nitrogen and oxygen atoms in total. The van der Waals surface area contributed by atoms with Gasteiger partial charge in [0.25, 0.3) is 0 Å². The second kappa shape index (κ2) is 8.47. The molecule has 3 rings (SSSR count). The molecule has 136 valence electrons. The molecule has 0 aromatic heterocycles. The third kappa shape index (κ3) is 4.60. The first-order valence-electron chi connectivity index (χ1n) is 8.70. The number of anilines is 1. The molecule has 0 bridgehead atoms. The van der Waals surface area contributed by atoms with Gasteiger partial charge in [0.05, 0.1) is 13.2 Å². The summed E-state index contributed by atoms with van der Waals surface area (Å²) in [6.07, 6.45) is 4.60. The van der Waals surface area contributed by atoms with E-state index in [0.29, 0.717) is 30.3 Å². The summed E-state index contributed by atoms with van der Waals surface area (Å²) in [4.78, 5) is 26.1. The summed E-state index contributed by atoms with van der Waals surface area (Å²) >= 11 is 1.80. The fraction of sp³-hybridized carbons (Fsp3) is 0.556. The van der Waals surface area contributed by atoms with Crippen molar-refractivity contribution in [3.05, 3.63) is 18.2 Å². The zero-order valence-corrected chi connectivity index (χ0v) is 15.3. The minimum atomic E-state index is -0.608. The highest BCUT2D eigenvalue weighted by Gasteiger charge is 2.24. The Morgan fingerprint density at radius 3 is 2.56 bits per heavy atom. The molecule has 1 aliphatic heterocycles. The molecule has 0 unspecified atom stereocenters. The molecule has 1 heterocycles. The Balaban J connectivity index is 1.66. The largest absolute Gasteiger partial charge is 0.493 e. The molecule has 2 aliphatic rings. The predicted octanol–water partition coefficient (Wildman–Crippen LogP) is 2.53. The van der Waals surface area contributed by atoms with E-state index in [1.165, 1.54) is 12.8 Å². The van der Waals surface area contributed by atoms with Crippen molar-refractivity contribution in [3.63, 3.8) is 0 Å². The Bertz CT molecular complexity index is 626. The van der Waals surface area contributed by atoms with Crippen molar-refractivity contribution >= 4 is 29.3 Å². The van der Waals surface area contributed by atoms with E-state index in [2.05, 4.69) is 5.32 Å². The predicted molar refractivity (Wildman–Crippen MR) is 98.4 cm³/mol. The molecule has 0 atom stereocenters. The molecule has 1 saturated carbocycles. The SMILES string of the molecule is COc1ccc(NC(=O)C(=O)N2CCSCC2)cc1OC1CCCC1. The molecule has 1 saturated heterocycles. The topological polar surface area (TPSA) is 67.9 Å². The van der Waals surface area contributed by atoms with Gasteiger partial charge in [0.1, 0.15) is 0 Å². The van der Waals surface area contributed by atoms with Gasteiger partial charge in [-0.1, -0.05) is 0 Å². The maximum absolute atomic E-state index is 12.2. The number of ether oxygens (including phenoxy) is 2. The van der Waals surface area contributed by atoms with Gasteiger partial charge in [-0.25, -0.2) is 0 Å². The summed E-state index contributed by atoms with van der Waals surface area (Å²) in [7, 11) is 1.59. The van der Waals surface area contributed by atoms with Crippen LogP contribution in [0, 0.1) is 0 Å². The lowest BCUT2D eigenvalue weighted by Gasteiger charge is -2.25.